The molecule has 6 heteroatoms. The van der Waals surface area contributed by atoms with E-state index in [1.165, 1.54) is 12.3 Å². The molecule has 0 amide bonds. The Labute approximate surface area is 145 Å². The van der Waals surface area contributed by atoms with E-state index in [-0.39, 0.29) is 5.88 Å². The first-order valence-electron chi connectivity index (χ1n) is 7.97. The van der Waals surface area contributed by atoms with Crippen LogP contribution in [0.15, 0.2) is 41.4 Å². The Morgan fingerprint density at radius 1 is 1.32 bits per heavy atom. The quantitative estimate of drug-likeness (QED) is 0.466. The average molecular weight is 341 g/mol. The van der Waals surface area contributed by atoms with Crippen molar-refractivity contribution in [1.82, 2.24) is 4.98 Å². The number of aryl methyl sites for hydroxylation is 1. The van der Waals surface area contributed by atoms with Gasteiger partial charge in [0.2, 0.25) is 0 Å². The first kappa shape index (κ1) is 17.0. The molecule has 0 spiro atoms. The molecule has 0 bridgehead atoms. The minimum atomic E-state index is -0.399. The molecule has 0 unspecified atom stereocenters. The van der Waals surface area contributed by atoms with E-state index in [0.717, 1.165) is 23.5 Å². The molecule has 0 saturated carbocycles. The molecule has 3 rings (SSSR count). The maximum Gasteiger partial charge on any atom is 0.198 e. The molecule has 2 aromatic carbocycles. The SMILES string of the molecule is COCCNc1ccc(N=Cc2c(O)[nH]c3cccc(F)c23)cc1C. The number of H-pyrrole nitrogens is 1. The molecule has 0 saturated heterocycles. The number of aromatic amines is 1. The van der Waals surface area contributed by atoms with Crippen LogP contribution < -0.4 is 5.32 Å². The lowest BCUT2D eigenvalue weighted by molar-refractivity contribution is 0.211. The summed E-state index contributed by atoms with van der Waals surface area (Å²) in [6, 6.07) is 10.4. The van der Waals surface area contributed by atoms with E-state index in [1.54, 1.807) is 19.2 Å². The number of hydrogen-bond donors (Lipinski definition) is 3. The van der Waals surface area contributed by atoms with Gasteiger partial charge in [-0.2, -0.15) is 0 Å². The minimum absolute atomic E-state index is 0.0987. The van der Waals surface area contributed by atoms with Crippen LogP contribution in [0.1, 0.15) is 11.1 Å². The number of halogens is 1. The number of anilines is 1. The molecule has 0 fully saturated rings. The van der Waals surface area contributed by atoms with E-state index in [4.69, 9.17) is 4.74 Å². The van der Waals surface area contributed by atoms with Gasteiger partial charge in [-0.3, -0.25) is 4.99 Å². The van der Waals surface area contributed by atoms with Gasteiger partial charge in [-0.15, -0.1) is 0 Å². The number of benzene rings is 2. The van der Waals surface area contributed by atoms with E-state index >= 15 is 0 Å². The second-order valence-electron chi connectivity index (χ2n) is 5.73. The van der Waals surface area contributed by atoms with Crippen molar-refractivity contribution >= 4 is 28.5 Å². The Bertz CT molecular complexity index is 918. The zero-order valence-corrected chi connectivity index (χ0v) is 14.1. The molecule has 0 atom stereocenters. The van der Waals surface area contributed by atoms with Crippen molar-refractivity contribution in [2.45, 2.75) is 6.92 Å². The summed E-state index contributed by atoms with van der Waals surface area (Å²) < 4.78 is 19.1. The topological polar surface area (TPSA) is 69.6 Å². The van der Waals surface area contributed by atoms with E-state index in [2.05, 4.69) is 15.3 Å². The molecule has 3 aromatic rings. The summed E-state index contributed by atoms with van der Waals surface area (Å²) in [6.07, 6.45) is 1.48. The number of methoxy groups -OCH3 is 1. The molecule has 0 radical (unpaired) electrons. The van der Waals surface area contributed by atoms with Crippen LogP contribution in [0.4, 0.5) is 15.8 Å². The molecule has 1 heterocycles. The van der Waals surface area contributed by atoms with Gasteiger partial charge in [0.25, 0.3) is 0 Å². The van der Waals surface area contributed by atoms with Crippen molar-refractivity contribution < 1.29 is 14.2 Å². The number of aliphatic imine (C=N–C) groups is 1. The minimum Gasteiger partial charge on any atom is -0.494 e. The Morgan fingerprint density at radius 3 is 2.92 bits per heavy atom. The molecular formula is C19H20FN3O2. The number of rotatable bonds is 6. The van der Waals surface area contributed by atoms with Gasteiger partial charge in [0.05, 0.1) is 23.4 Å². The Hall–Kier alpha value is -2.86. The van der Waals surface area contributed by atoms with Crippen LogP contribution in [-0.4, -0.2) is 36.6 Å². The fraction of sp³-hybridized carbons (Fsp3) is 0.211. The van der Waals surface area contributed by atoms with Crippen molar-refractivity contribution in [2.75, 3.05) is 25.6 Å². The Morgan fingerprint density at radius 2 is 2.16 bits per heavy atom. The van der Waals surface area contributed by atoms with E-state index in [1.807, 2.05) is 25.1 Å². The second-order valence-corrected chi connectivity index (χ2v) is 5.73. The standard InChI is InChI=1S/C19H20FN3O2/c1-12-10-13(6-7-16(12)21-8-9-25-2)22-11-14-18-15(20)4-3-5-17(18)23-19(14)24/h3-7,10-11,21,23-24H,8-9H2,1-2H3. The van der Waals surface area contributed by atoms with Crippen LogP contribution >= 0.6 is 0 Å². The average Bonchev–Trinajstić information content (AvgIpc) is 2.91. The third kappa shape index (κ3) is 3.64. The molecule has 130 valence electrons. The number of aromatic nitrogens is 1. The monoisotopic (exact) mass is 341 g/mol. The van der Waals surface area contributed by atoms with Crippen LogP contribution in [0.3, 0.4) is 0 Å². The van der Waals surface area contributed by atoms with Gasteiger partial charge in [-0.1, -0.05) is 6.07 Å². The van der Waals surface area contributed by atoms with E-state index in [9.17, 15) is 9.50 Å². The lowest BCUT2D eigenvalue weighted by Gasteiger charge is -2.09. The maximum absolute atomic E-state index is 14.0. The Kier molecular flexibility index (Phi) is 5.00. The fourth-order valence-electron chi connectivity index (χ4n) is 2.69. The van der Waals surface area contributed by atoms with Crippen LogP contribution in [0.5, 0.6) is 5.88 Å². The second kappa shape index (κ2) is 7.36. The highest BCUT2D eigenvalue weighted by molar-refractivity contribution is 6.02. The predicted octanol–water partition coefficient (Wildman–Crippen LogP) is 4.13. The number of fused-ring (bicyclic) bond motifs is 1. The van der Waals surface area contributed by atoms with Crippen LogP contribution in [0.25, 0.3) is 10.9 Å². The normalized spacial score (nSPS) is 11.5. The summed E-state index contributed by atoms with van der Waals surface area (Å²) in [5.41, 5.74) is 3.65. The van der Waals surface area contributed by atoms with Gasteiger partial charge in [-0.25, -0.2) is 4.39 Å². The predicted molar refractivity (Wildman–Crippen MR) is 98.7 cm³/mol. The summed E-state index contributed by atoms with van der Waals surface area (Å²) in [5.74, 6) is -0.497. The summed E-state index contributed by atoms with van der Waals surface area (Å²) in [4.78, 5) is 7.13. The molecule has 5 nitrogen and oxygen atoms in total. The third-order valence-electron chi connectivity index (χ3n) is 3.97. The number of ether oxygens (including phenoxy) is 1. The van der Waals surface area contributed by atoms with Gasteiger partial charge in [0.1, 0.15) is 5.82 Å². The maximum atomic E-state index is 14.0. The fourth-order valence-corrected chi connectivity index (χ4v) is 2.69. The van der Waals surface area contributed by atoms with E-state index in [0.29, 0.717) is 23.1 Å². The zero-order chi connectivity index (χ0) is 17.8. The van der Waals surface area contributed by atoms with Crippen molar-refractivity contribution in [3.05, 3.63) is 53.3 Å². The summed E-state index contributed by atoms with van der Waals surface area (Å²) in [5, 5.41) is 13.6. The molecule has 0 aliphatic rings. The Balaban J connectivity index is 1.85. The molecular weight excluding hydrogens is 321 g/mol. The first-order chi connectivity index (χ1) is 12.1. The summed E-state index contributed by atoms with van der Waals surface area (Å²) >= 11 is 0. The zero-order valence-electron chi connectivity index (χ0n) is 14.1. The van der Waals surface area contributed by atoms with E-state index < -0.39 is 5.82 Å². The summed E-state index contributed by atoms with van der Waals surface area (Å²) in [6.45, 7) is 3.34. The molecule has 3 N–H and O–H groups in total. The lowest BCUT2D eigenvalue weighted by Crippen LogP contribution is -2.08. The largest absolute Gasteiger partial charge is 0.494 e. The molecule has 1 aromatic heterocycles. The summed E-state index contributed by atoms with van der Waals surface area (Å²) in [7, 11) is 1.66. The highest BCUT2D eigenvalue weighted by Gasteiger charge is 2.12. The molecule has 0 aliphatic carbocycles. The van der Waals surface area contributed by atoms with Crippen molar-refractivity contribution in [1.29, 1.82) is 0 Å². The van der Waals surface area contributed by atoms with Gasteiger partial charge in [0.15, 0.2) is 5.88 Å². The number of aromatic hydroxyl groups is 1. The number of hydrogen-bond acceptors (Lipinski definition) is 4. The number of nitrogens with one attached hydrogen (secondary N) is 2. The lowest BCUT2D eigenvalue weighted by atomic mass is 10.1. The smallest absolute Gasteiger partial charge is 0.198 e. The number of nitrogens with zero attached hydrogens (tertiary/aromatic N) is 1. The van der Waals surface area contributed by atoms with Crippen LogP contribution in [0, 0.1) is 12.7 Å². The van der Waals surface area contributed by atoms with Crippen LogP contribution in [-0.2, 0) is 4.74 Å². The van der Waals surface area contributed by atoms with Gasteiger partial charge < -0.3 is 20.1 Å². The third-order valence-corrected chi connectivity index (χ3v) is 3.97. The highest BCUT2D eigenvalue weighted by Crippen LogP contribution is 2.29. The molecule has 25 heavy (non-hydrogen) atoms. The highest BCUT2D eigenvalue weighted by atomic mass is 19.1. The van der Waals surface area contributed by atoms with Gasteiger partial charge >= 0.3 is 0 Å². The van der Waals surface area contributed by atoms with Crippen molar-refractivity contribution in [2.24, 2.45) is 4.99 Å². The van der Waals surface area contributed by atoms with Gasteiger partial charge in [-0.05, 0) is 42.8 Å². The van der Waals surface area contributed by atoms with Gasteiger partial charge in [0, 0.05) is 30.9 Å². The first-order valence-corrected chi connectivity index (χ1v) is 7.97. The molecule has 0 aliphatic heterocycles. The van der Waals surface area contributed by atoms with Crippen LogP contribution in [0.2, 0.25) is 0 Å². The van der Waals surface area contributed by atoms with Crippen molar-refractivity contribution in [3.63, 3.8) is 0 Å². The van der Waals surface area contributed by atoms with Crippen molar-refractivity contribution in [3.8, 4) is 5.88 Å².